The summed E-state index contributed by atoms with van der Waals surface area (Å²) in [6.07, 6.45) is 0.938. The van der Waals surface area contributed by atoms with Gasteiger partial charge in [0.05, 0.1) is 25.9 Å². The van der Waals surface area contributed by atoms with Crippen LogP contribution in [-0.4, -0.2) is 28.9 Å². The van der Waals surface area contributed by atoms with Crippen LogP contribution in [0.2, 0.25) is 0 Å². The lowest BCUT2D eigenvalue weighted by Crippen LogP contribution is -2.06. The summed E-state index contributed by atoms with van der Waals surface area (Å²) in [5, 5.41) is 0.315. The molecule has 0 unspecified atom stereocenters. The van der Waals surface area contributed by atoms with E-state index in [0.717, 1.165) is 6.26 Å². The minimum Gasteiger partial charge on any atom is -0.493 e. The second kappa shape index (κ2) is 6.72. The van der Waals surface area contributed by atoms with Gasteiger partial charge in [-0.05, 0) is 30.3 Å². The van der Waals surface area contributed by atoms with Crippen LogP contribution < -0.4 is 19.1 Å². The zero-order chi connectivity index (χ0) is 18.9. The molecule has 0 amide bonds. The first kappa shape index (κ1) is 17.8. The van der Waals surface area contributed by atoms with Gasteiger partial charge in [0.15, 0.2) is 16.9 Å². The number of hydrogen-bond acceptors (Lipinski definition) is 7. The van der Waals surface area contributed by atoms with Gasteiger partial charge in [0, 0.05) is 17.7 Å². The zero-order valence-corrected chi connectivity index (χ0v) is 15.1. The highest BCUT2D eigenvalue weighted by molar-refractivity contribution is 7.86. The Morgan fingerprint density at radius 1 is 0.923 bits per heavy atom. The topological polar surface area (TPSA) is 92.0 Å². The van der Waals surface area contributed by atoms with Crippen LogP contribution in [0.1, 0.15) is 0 Å². The molecule has 136 valence electrons. The quantitative estimate of drug-likeness (QED) is 0.632. The molecule has 0 radical (unpaired) electrons. The molecule has 8 heteroatoms. The van der Waals surface area contributed by atoms with E-state index >= 15 is 0 Å². The van der Waals surface area contributed by atoms with Crippen molar-refractivity contribution in [3.63, 3.8) is 0 Å². The summed E-state index contributed by atoms with van der Waals surface area (Å²) >= 11 is 0. The van der Waals surface area contributed by atoms with Crippen molar-refractivity contribution in [2.75, 3.05) is 20.5 Å². The Hall–Kier alpha value is -3.00. The first-order valence-electron chi connectivity index (χ1n) is 7.50. The van der Waals surface area contributed by atoms with Crippen molar-refractivity contribution in [2.24, 2.45) is 0 Å². The Kier molecular flexibility index (Phi) is 4.60. The summed E-state index contributed by atoms with van der Waals surface area (Å²) in [6.45, 7) is 0. The summed E-state index contributed by atoms with van der Waals surface area (Å²) in [7, 11) is -0.653. The lowest BCUT2D eigenvalue weighted by Gasteiger charge is -2.10. The lowest BCUT2D eigenvalue weighted by molar-refractivity contribution is 0.355. The Morgan fingerprint density at radius 2 is 1.65 bits per heavy atom. The molecular formula is C18H16O7S. The van der Waals surface area contributed by atoms with Gasteiger partial charge in [0.25, 0.3) is 0 Å². The Bertz CT molecular complexity index is 1130. The number of ether oxygens (including phenoxy) is 2. The molecule has 3 aromatic rings. The van der Waals surface area contributed by atoms with Gasteiger partial charge in [0.1, 0.15) is 17.1 Å². The Labute approximate surface area is 149 Å². The van der Waals surface area contributed by atoms with E-state index in [0.29, 0.717) is 28.2 Å². The van der Waals surface area contributed by atoms with Crippen molar-refractivity contribution < 1.29 is 26.5 Å². The van der Waals surface area contributed by atoms with E-state index in [1.54, 1.807) is 18.2 Å². The minimum atomic E-state index is -3.69. The fourth-order valence-corrected chi connectivity index (χ4v) is 2.95. The van der Waals surface area contributed by atoms with Crippen molar-refractivity contribution >= 4 is 21.1 Å². The Balaban J connectivity index is 2.14. The number of benzene rings is 2. The first-order chi connectivity index (χ1) is 12.3. The highest BCUT2D eigenvalue weighted by Crippen LogP contribution is 2.33. The van der Waals surface area contributed by atoms with E-state index in [1.165, 1.54) is 38.5 Å². The van der Waals surface area contributed by atoms with Crippen LogP contribution in [0, 0.1) is 0 Å². The summed E-state index contributed by atoms with van der Waals surface area (Å²) in [6, 6.07) is 10.7. The fraction of sp³-hybridized carbons (Fsp3) is 0.167. The first-order valence-corrected chi connectivity index (χ1v) is 9.32. The van der Waals surface area contributed by atoms with Crippen LogP contribution in [0.25, 0.3) is 22.3 Å². The van der Waals surface area contributed by atoms with Gasteiger partial charge in [-0.25, -0.2) is 0 Å². The third-order valence-electron chi connectivity index (χ3n) is 3.62. The minimum absolute atomic E-state index is 0.0626. The second-order valence-electron chi connectivity index (χ2n) is 5.49. The Morgan fingerprint density at radius 3 is 2.31 bits per heavy atom. The molecule has 26 heavy (non-hydrogen) atoms. The van der Waals surface area contributed by atoms with E-state index in [9.17, 15) is 13.2 Å². The molecule has 0 aliphatic rings. The van der Waals surface area contributed by atoms with Crippen molar-refractivity contribution in [1.82, 2.24) is 0 Å². The molecule has 0 atom stereocenters. The highest BCUT2D eigenvalue weighted by atomic mass is 32.2. The normalized spacial score (nSPS) is 11.3. The summed E-state index contributed by atoms with van der Waals surface area (Å²) in [5.74, 6) is 1.40. The molecule has 0 fully saturated rings. The van der Waals surface area contributed by atoms with Gasteiger partial charge in [0.2, 0.25) is 0 Å². The van der Waals surface area contributed by atoms with Gasteiger partial charge in [-0.1, -0.05) is 0 Å². The number of rotatable bonds is 5. The van der Waals surface area contributed by atoms with Gasteiger partial charge >= 0.3 is 10.1 Å². The van der Waals surface area contributed by atoms with Crippen LogP contribution in [0.3, 0.4) is 0 Å². The summed E-state index contributed by atoms with van der Waals surface area (Å²) < 4.78 is 43.6. The third kappa shape index (κ3) is 3.65. The maximum absolute atomic E-state index is 12.4. The molecule has 3 rings (SSSR count). The van der Waals surface area contributed by atoms with Crippen LogP contribution in [0.15, 0.2) is 51.7 Å². The van der Waals surface area contributed by atoms with Crippen LogP contribution in [0.4, 0.5) is 0 Å². The predicted molar refractivity (Wildman–Crippen MR) is 96.5 cm³/mol. The molecule has 2 aromatic carbocycles. The standard InChI is InChI=1S/C18H16O7S/c1-22-15-7-4-11(8-18(15)23-2)16-10-14(19)13-6-5-12(9-17(13)24-16)25-26(3,20)21/h4-10H,1-3H3. The fourth-order valence-electron chi connectivity index (χ4n) is 2.49. The van der Waals surface area contributed by atoms with Gasteiger partial charge in [-0.2, -0.15) is 8.42 Å². The maximum Gasteiger partial charge on any atom is 0.306 e. The number of fused-ring (bicyclic) bond motifs is 1. The SMILES string of the molecule is COc1ccc(-c2cc(=O)c3ccc(OS(C)(=O)=O)cc3o2)cc1OC. The average molecular weight is 376 g/mol. The van der Waals surface area contributed by atoms with Gasteiger partial charge in [-0.3, -0.25) is 4.79 Å². The molecule has 0 aliphatic heterocycles. The molecule has 0 bridgehead atoms. The number of hydrogen-bond donors (Lipinski definition) is 0. The van der Waals surface area contributed by atoms with Crippen LogP contribution >= 0.6 is 0 Å². The molecule has 0 N–H and O–H groups in total. The third-order valence-corrected chi connectivity index (χ3v) is 4.11. The summed E-state index contributed by atoms with van der Waals surface area (Å²) in [5.41, 5.74) is 0.557. The average Bonchev–Trinajstić information content (AvgIpc) is 2.59. The zero-order valence-electron chi connectivity index (χ0n) is 14.3. The lowest BCUT2D eigenvalue weighted by atomic mass is 10.1. The van der Waals surface area contributed by atoms with Crippen molar-refractivity contribution in [2.45, 2.75) is 0 Å². The molecule has 0 saturated carbocycles. The molecule has 0 aliphatic carbocycles. The maximum atomic E-state index is 12.4. The monoisotopic (exact) mass is 376 g/mol. The molecule has 1 aromatic heterocycles. The second-order valence-corrected chi connectivity index (χ2v) is 7.07. The largest absolute Gasteiger partial charge is 0.493 e. The number of methoxy groups -OCH3 is 2. The van der Waals surface area contributed by atoms with E-state index in [4.69, 9.17) is 18.1 Å². The van der Waals surface area contributed by atoms with Gasteiger partial charge < -0.3 is 18.1 Å². The van der Waals surface area contributed by atoms with Crippen molar-refractivity contribution in [3.05, 3.63) is 52.7 Å². The molecule has 0 saturated heterocycles. The predicted octanol–water partition coefficient (Wildman–Crippen LogP) is 2.82. The molecule has 7 nitrogen and oxygen atoms in total. The molecular weight excluding hydrogens is 360 g/mol. The van der Waals surface area contributed by atoms with Crippen molar-refractivity contribution in [3.8, 4) is 28.6 Å². The molecule has 1 heterocycles. The molecule has 0 spiro atoms. The smallest absolute Gasteiger partial charge is 0.306 e. The van der Waals surface area contributed by atoms with Crippen LogP contribution in [0.5, 0.6) is 17.2 Å². The van der Waals surface area contributed by atoms with E-state index in [1.807, 2.05) is 0 Å². The van der Waals surface area contributed by atoms with Crippen LogP contribution in [-0.2, 0) is 10.1 Å². The van der Waals surface area contributed by atoms with E-state index < -0.39 is 10.1 Å². The highest BCUT2D eigenvalue weighted by Gasteiger charge is 2.12. The van der Waals surface area contributed by atoms with E-state index in [-0.39, 0.29) is 16.8 Å². The van der Waals surface area contributed by atoms with E-state index in [2.05, 4.69) is 0 Å². The van der Waals surface area contributed by atoms with Crippen molar-refractivity contribution in [1.29, 1.82) is 0 Å². The van der Waals surface area contributed by atoms with Gasteiger partial charge in [-0.15, -0.1) is 0 Å². The summed E-state index contributed by atoms with van der Waals surface area (Å²) in [4.78, 5) is 12.4.